The molecule has 2 N–H and O–H groups in total. The lowest BCUT2D eigenvalue weighted by Gasteiger charge is -2.21. The van der Waals surface area contributed by atoms with Crippen LogP contribution in [0.5, 0.6) is 11.5 Å². The molecule has 0 spiro atoms. The third kappa shape index (κ3) is 4.76. The maximum absolute atomic E-state index is 13.7. The maximum Gasteiger partial charge on any atom is 0.243 e. The minimum absolute atomic E-state index is 0.0521. The molecule has 2 atom stereocenters. The van der Waals surface area contributed by atoms with Gasteiger partial charge in [0, 0.05) is 23.7 Å². The summed E-state index contributed by atoms with van der Waals surface area (Å²) < 4.78 is 42.7. The molecule has 0 fully saturated rings. The summed E-state index contributed by atoms with van der Waals surface area (Å²) in [7, 11) is -0.971. The fourth-order valence-electron chi connectivity index (χ4n) is 4.24. The molecule has 2 aromatic carbocycles. The molecule has 3 heterocycles. The Kier molecular flexibility index (Phi) is 6.91. The number of anilines is 1. The van der Waals surface area contributed by atoms with Crippen molar-refractivity contribution in [3.8, 4) is 28.7 Å². The highest BCUT2D eigenvalue weighted by molar-refractivity contribution is 7.93. The predicted molar refractivity (Wildman–Crippen MR) is 147 cm³/mol. The average Bonchev–Trinajstić information content (AvgIpc) is 3.55. The number of H-pyrrole nitrogens is 1. The van der Waals surface area contributed by atoms with Crippen LogP contribution in [0.15, 0.2) is 54.9 Å². The lowest BCUT2D eigenvalue weighted by Crippen LogP contribution is -2.31. The number of nitrogens with one attached hydrogen (secondary N) is 2. The molecule has 0 saturated carbocycles. The normalized spacial score (nSPS) is 13.3. The van der Waals surface area contributed by atoms with E-state index < -0.39 is 21.2 Å². The van der Waals surface area contributed by atoms with Crippen LogP contribution in [0.3, 0.4) is 0 Å². The Morgan fingerprint density at radius 2 is 1.62 bits per heavy atom. The fraction of sp³-hybridized carbons (Fsp3) is 0.269. The molecule has 202 valence electrons. The van der Waals surface area contributed by atoms with Gasteiger partial charge in [-0.15, -0.1) is 10.2 Å². The Bertz CT molecular complexity index is 1710. The first-order valence-electron chi connectivity index (χ1n) is 12.2. The molecule has 5 rings (SSSR count). The van der Waals surface area contributed by atoms with Gasteiger partial charge in [-0.05, 0) is 37.6 Å². The minimum atomic E-state index is -4.00. The molecule has 0 aliphatic rings. The smallest absolute Gasteiger partial charge is 0.243 e. The monoisotopic (exact) mass is 548 g/mol. The number of fused-ring (bicyclic) bond motifs is 1. The van der Waals surface area contributed by atoms with E-state index in [0.717, 1.165) is 16.5 Å². The Morgan fingerprint density at radius 3 is 2.28 bits per heavy atom. The number of nitrogens with zero attached hydrogens (tertiary/aromatic N) is 6. The molecule has 0 aliphatic heterocycles. The van der Waals surface area contributed by atoms with Crippen molar-refractivity contribution in [2.24, 2.45) is 0 Å². The summed E-state index contributed by atoms with van der Waals surface area (Å²) in [6.45, 7) is 5.24. The first-order chi connectivity index (χ1) is 18.7. The Hall–Kier alpha value is -4.52. The largest absolute Gasteiger partial charge is 0.494 e. The van der Waals surface area contributed by atoms with Crippen molar-refractivity contribution in [1.82, 2.24) is 34.9 Å². The van der Waals surface area contributed by atoms with Gasteiger partial charge in [0.1, 0.15) is 28.7 Å². The molecule has 0 bridgehead atoms. The van der Waals surface area contributed by atoms with Crippen LogP contribution in [0.2, 0.25) is 0 Å². The van der Waals surface area contributed by atoms with E-state index in [4.69, 9.17) is 9.47 Å². The van der Waals surface area contributed by atoms with Crippen LogP contribution in [-0.4, -0.2) is 62.8 Å². The highest BCUT2D eigenvalue weighted by Gasteiger charge is 2.33. The van der Waals surface area contributed by atoms with Gasteiger partial charge in [0.2, 0.25) is 16.0 Å². The van der Waals surface area contributed by atoms with Gasteiger partial charge in [0.15, 0.2) is 5.82 Å². The quantitative estimate of drug-likeness (QED) is 0.280. The third-order valence-corrected chi connectivity index (χ3v) is 8.46. The molecule has 0 radical (unpaired) electrons. The van der Waals surface area contributed by atoms with Gasteiger partial charge in [-0.25, -0.2) is 18.4 Å². The van der Waals surface area contributed by atoms with E-state index >= 15 is 0 Å². The SMILES string of the molecule is COc1cccc(OC)c1-n1c(NS(=O)(=O)C(C)C(C)c2ncc(C)cn2)nnc1-c1n[nH]c2ccccc12. The number of benzene rings is 2. The van der Waals surface area contributed by atoms with Crippen molar-refractivity contribution >= 4 is 26.9 Å². The summed E-state index contributed by atoms with van der Waals surface area (Å²) in [5.74, 6) is 1.000. The molecule has 2 unspecified atom stereocenters. The van der Waals surface area contributed by atoms with E-state index in [2.05, 4.69) is 35.1 Å². The molecule has 5 aromatic rings. The molecule has 0 saturated heterocycles. The average molecular weight is 549 g/mol. The second-order valence-electron chi connectivity index (χ2n) is 9.07. The third-order valence-electron chi connectivity index (χ3n) is 6.61. The van der Waals surface area contributed by atoms with Crippen LogP contribution in [0, 0.1) is 6.92 Å². The number of ether oxygens (including phenoxy) is 2. The van der Waals surface area contributed by atoms with Gasteiger partial charge in [-0.2, -0.15) is 5.10 Å². The number of aromatic nitrogens is 7. The number of aryl methyl sites for hydroxylation is 1. The van der Waals surface area contributed by atoms with Crippen LogP contribution in [0.1, 0.15) is 31.2 Å². The number of para-hydroxylation sites is 2. The number of hydrogen-bond donors (Lipinski definition) is 2. The first kappa shape index (κ1) is 26.1. The van der Waals surface area contributed by atoms with E-state index in [0.29, 0.717) is 28.7 Å². The molecule has 3 aromatic heterocycles. The van der Waals surface area contributed by atoms with E-state index in [1.165, 1.54) is 18.8 Å². The topological polar surface area (TPSA) is 150 Å². The Labute approximate surface area is 225 Å². The predicted octanol–water partition coefficient (Wildman–Crippen LogP) is 3.86. The van der Waals surface area contributed by atoms with Crippen LogP contribution >= 0.6 is 0 Å². The van der Waals surface area contributed by atoms with E-state index in [1.54, 1.807) is 44.4 Å². The minimum Gasteiger partial charge on any atom is -0.494 e. The van der Waals surface area contributed by atoms with Crippen molar-refractivity contribution in [1.29, 1.82) is 0 Å². The van der Waals surface area contributed by atoms with Crippen molar-refractivity contribution in [3.63, 3.8) is 0 Å². The van der Waals surface area contributed by atoms with E-state index in [-0.39, 0.29) is 11.8 Å². The summed E-state index contributed by atoms with van der Waals surface area (Å²) in [6, 6.07) is 12.8. The zero-order valence-corrected chi connectivity index (χ0v) is 22.9. The van der Waals surface area contributed by atoms with Crippen molar-refractivity contribution < 1.29 is 17.9 Å². The van der Waals surface area contributed by atoms with Gasteiger partial charge in [0.05, 0.1) is 25.0 Å². The number of sulfonamides is 1. The second kappa shape index (κ2) is 10.3. The standard InChI is InChI=1S/C26H28N8O4S/c1-15-13-27-24(28-14-15)16(2)17(3)39(35,36)33-26-32-31-25(22-18-9-6-7-10-19(18)29-30-22)34(26)23-20(37-4)11-8-12-21(23)38-5/h6-14,16-17H,1-5H3,(H,29,30)(H,32,33). The molecule has 0 amide bonds. The summed E-state index contributed by atoms with van der Waals surface area (Å²) in [4.78, 5) is 8.63. The number of aromatic amines is 1. The number of hydrogen-bond acceptors (Lipinski definition) is 9. The summed E-state index contributed by atoms with van der Waals surface area (Å²) in [5, 5.41) is 15.9. The highest BCUT2D eigenvalue weighted by atomic mass is 32.2. The van der Waals surface area contributed by atoms with Gasteiger partial charge < -0.3 is 9.47 Å². The van der Waals surface area contributed by atoms with Crippen LogP contribution < -0.4 is 14.2 Å². The molecule has 39 heavy (non-hydrogen) atoms. The molecule has 0 aliphatic carbocycles. The van der Waals surface area contributed by atoms with Gasteiger partial charge in [-0.3, -0.25) is 14.4 Å². The van der Waals surface area contributed by atoms with Crippen LogP contribution in [0.4, 0.5) is 5.95 Å². The van der Waals surface area contributed by atoms with Crippen LogP contribution in [0.25, 0.3) is 28.1 Å². The molecular formula is C26H28N8O4S. The van der Waals surface area contributed by atoms with Gasteiger partial charge in [0.25, 0.3) is 0 Å². The van der Waals surface area contributed by atoms with Gasteiger partial charge >= 0.3 is 0 Å². The Morgan fingerprint density at radius 1 is 0.949 bits per heavy atom. The Balaban J connectivity index is 1.65. The number of methoxy groups -OCH3 is 2. The first-order valence-corrected chi connectivity index (χ1v) is 13.7. The van der Waals surface area contributed by atoms with E-state index in [9.17, 15) is 8.42 Å². The van der Waals surface area contributed by atoms with Crippen molar-refractivity contribution in [2.75, 3.05) is 18.9 Å². The zero-order chi connectivity index (χ0) is 27.7. The van der Waals surface area contributed by atoms with E-state index in [1.807, 2.05) is 31.2 Å². The van der Waals surface area contributed by atoms with Crippen molar-refractivity contribution in [3.05, 3.63) is 66.2 Å². The molecular weight excluding hydrogens is 520 g/mol. The second-order valence-corrected chi connectivity index (χ2v) is 11.1. The summed E-state index contributed by atoms with van der Waals surface area (Å²) in [6.07, 6.45) is 3.33. The van der Waals surface area contributed by atoms with Gasteiger partial charge in [-0.1, -0.05) is 31.2 Å². The zero-order valence-electron chi connectivity index (χ0n) is 22.1. The number of rotatable bonds is 9. The van der Waals surface area contributed by atoms with Crippen LogP contribution in [-0.2, 0) is 10.0 Å². The lowest BCUT2D eigenvalue weighted by atomic mass is 10.1. The van der Waals surface area contributed by atoms with Crippen molar-refractivity contribution in [2.45, 2.75) is 31.9 Å². The molecule has 12 nitrogen and oxygen atoms in total. The molecule has 13 heteroatoms. The summed E-state index contributed by atoms with van der Waals surface area (Å²) >= 11 is 0. The highest BCUT2D eigenvalue weighted by Crippen LogP contribution is 2.39. The lowest BCUT2D eigenvalue weighted by molar-refractivity contribution is 0.391. The fourth-order valence-corrected chi connectivity index (χ4v) is 5.47. The maximum atomic E-state index is 13.7. The summed E-state index contributed by atoms with van der Waals surface area (Å²) in [5.41, 5.74) is 2.56.